The number of anilines is 3. The Hall–Kier alpha value is -3.56. The molecule has 1 fully saturated rings. The molecule has 3 N–H and O–H groups in total. The molecule has 2 aromatic heterocycles. The Morgan fingerprint density at radius 1 is 1.41 bits per heavy atom. The molecule has 3 heterocycles. The lowest BCUT2D eigenvalue weighted by Crippen LogP contribution is -2.46. The Labute approximate surface area is 202 Å². The van der Waals surface area contributed by atoms with Gasteiger partial charge in [-0.15, -0.1) is 0 Å². The molecule has 0 spiro atoms. The SMILES string of the molecule is C=C/C(=C\C)C1CN(C(=O)c2ccc(Nc3nc(NC)c4c(Cl)c[nH]c4n3)c(OC)c2)CCO1. The van der Waals surface area contributed by atoms with Crippen LogP contribution in [0, 0.1) is 0 Å². The number of rotatable bonds is 7. The summed E-state index contributed by atoms with van der Waals surface area (Å²) in [5.41, 5.74) is 2.71. The molecule has 1 amide bonds. The lowest BCUT2D eigenvalue weighted by atomic mass is 10.1. The summed E-state index contributed by atoms with van der Waals surface area (Å²) >= 11 is 6.23. The van der Waals surface area contributed by atoms with E-state index in [1.165, 1.54) is 0 Å². The summed E-state index contributed by atoms with van der Waals surface area (Å²) in [5, 5.41) is 7.45. The molecule has 0 radical (unpaired) electrons. The van der Waals surface area contributed by atoms with Crippen LogP contribution < -0.4 is 15.4 Å². The van der Waals surface area contributed by atoms with Crippen LogP contribution in [0.2, 0.25) is 5.02 Å². The van der Waals surface area contributed by atoms with Crippen LogP contribution in [0.5, 0.6) is 5.75 Å². The molecule has 34 heavy (non-hydrogen) atoms. The lowest BCUT2D eigenvalue weighted by Gasteiger charge is -2.33. The van der Waals surface area contributed by atoms with Gasteiger partial charge in [0.1, 0.15) is 17.2 Å². The first-order valence-electron chi connectivity index (χ1n) is 10.9. The lowest BCUT2D eigenvalue weighted by molar-refractivity contribution is -0.00319. The molecule has 4 rings (SSSR count). The van der Waals surface area contributed by atoms with E-state index in [9.17, 15) is 4.79 Å². The molecule has 1 unspecified atom stereocenters. The van der Waals surface area contributed by atoms with E-state index in [0.717, 1.165) is 5.57 Å². The first-order chi connectivity index (χ1) is 16.5. The van der Waals surface area contributed by atoms with Crippen LogP contribution in [0.1, 0.15) is 17.3 Å². The molecule has 1 atom stereocenters. The summed E-state index contributed by atoms with van der Waals surface area (Å²) in [5.74, 6) is 1.35. The third-order valence-electron chi connectivity index (χ3n) is 5.71. The second-order valence-corrected chi connectivity index (χ2v) is 8.06. The minimum atomic E-state index is -0.182. The standard InChI is InChI=1S/C24H27ClN6O3/c1-5-14(6-2)19-13-31(9-10-34-19)23(32)15-7-8-17(18(11-15)33-4)28-24-29-21(26-3)20-16(25)12-27-22(20)30-24/h5-8,11-12,19H,1,9-10,13H2,2-4H3,(H3,26,27,28,29,30)/b14-6+. The van der Waals surface area contributed by atoms with Crippen LogP contribution in [0.25, 0.3) is 11.0 Å². The van der Waals surface area contributed by atoms with Crippen molar-refractivity contribution in [1.29, 1.82) is 0 Å². The number of allylic oxidation sites excluding steroid dienone is 1. The minimum absolute atomic E-state index is 0.0890. The minimum Gasteiger partial charge on any atom is -0.495 e. The summed E-state index contributed by atoms with van der Waals surface area (Å²) in [4.78, 5) is 27.0. The van der Waals surface area contributed by atoms with E-state index in [2.05, 4.69) is 32.2 Å². The van der Waals surface area contributed by atoms with Crippen molar-refractivity contribution in [3.05, 3.63) is 59.3 Å². The Kier molecular flexibility index (Phi) is 7.04. The van der Waals surface area contributed by atoms with Gasteiger partial charge >= 0.3 is 0 Å². The van der Waals surface area contributed by atoms with Gasteiger partial charge < -0.3 is 30.0 Å². The van der Waals surface area contributed by atoms with Crippen LogP contribution >= 0.6 is 11.6 Å². The number of aromatic amines is 1. The van der Waals surface area contributed by atoms with E-state index in [-0.39, 0.29) is 12.0 Å². The second kappa shape index (κ2) is 10.1. The maximum atomic E-state index is 13.2. The van der Waals surface area contributed by atoms with Gasteiger partial charge in [-0.05, 0) is 30.7 Å². The Morgan fingerprint density at radius 2 is 2.24 bits per heavy atom. The maximum Gasteiger partial charge on any atom is 0.254 e. The predicted octanol–water partition coefficient (Wildman–Crippen LogP) is 4.38. The van der Waals surface area contributed by atoms with E-state index < -0.39 is 0 Å². The summed E-state index contributed by atoms with van der Waals surface area (Å²) in [7, 11) is 3.32. The molecule has 3 aromatic rings. The van der Waals surface area contributed by atoms with Crippen molar-refractivity contribution in [2.45, 2.75) is 13.0 Å². The molecule has 0 saturated carbocycles. The first-order valence-corrected chi connectivity index (χ1v) is 11.2. The number of H-pyrrole nitrogens is 1. The van der Waals surface area contributed by atoms with E-state index >= 15 is 0 Å². The average Bonchev–Trinajstić information content (AvgIpc) is 3.24. The molecule has 1 aliphatic heterocycles. The number of nitrogens with zero attached hydrogens (tertiary/aromatic N) is 3. The van der Waals surface area contributed by atoms with Gasteiger partial charge in [0.15, 0.2) is 0 Å². The summed E-state index contributed by atoms with van der Waals surface area (Å²) in [6, 6.07) is 5.24. The van der Waals surface area contributed by atoms with Crippen LogP contribution in [0.15, 0.2) is 48.7 Å². The Morgan fingerprint density at radius 3 is 2.94 bits per heavy atom. The van der Waals surface area contributed by atoms with Crippen molar-refractivity contribution in [3.8, 4) is 5.75 Å². The van der Waals surface area contributed by atoms with Crippen LogP contribution in [0.4, 0.5) is 17.5 Å². The number of fused-ring (bicyclic) bond motifs is 1. The highest BCUT2D eigenvalue weighted by atomic mass is 35.5. The number of nitrogens with one attached hydrogen (secondary N) is 3. The van der Waals surface area contributed by atoms with Crippen molar-refractivity contribution >= 4 is 46.0 Å². The van der Waals surface area contributed by atoms with Gasteiger partial charge in [-0.25, -0.2) is 0 Å². The van der Waals surface area contributed by atoms with Crippen molar-refractivity contribution in [2.24, 2.45) is 0 Å². The smallest absolute Gasteiger partial charge is 0.254 e. The molecule has 1 saturated heterocycles. The van der Waals surface area contributed by atoms with Gasteiger partial charge in [-0.2, -0.15) is 9.97 Å². The van der Waals surface area contributed by atoms with E-state index in [1.54, 1.807) is 49.5 Å². The number of aromatic nitrogens is 3. The largest absolute Gasteiger partial charge is 0.495 e. The predicted molar refractivity (Wildman–Crippen MR) is 134 cm³/mol. The van der Waals surface area contributed by atoms with Gasteiger partial charge in [-0.3, -0.25) is 4.79 Å². The molecule has 178 valence electrons. The number of carbonyl (C=O) groups is 1. The Balaban J connectivity index is 1.57. The molecule has 0 bridgehead atoms. The molecule has 9 nitrogen and oxygen atoms in total. The fraction of sp³-hybridized carbons (Fsp3) is 0.292. The third-order valence-corrected chi connectivity index (χ3v) is 6.01. The fourth-order valence-electron chi connectivity index (χ4n) is 3.93. The van der Waals surface area contributed by atoms with Gasteiger partial charge in [-0.1, -0.05) is 30.3 Å². The zero-order chi connectivity index (χ0) is 24.2. The van der Waals surface area contributed by atoms with Gasteiger partial charge in [0, 0.05) is 25.4 Å². The maximum absolute atomic E-state index is 13.2. The summed E-state index contributed by atoms with van der Waals surface area (Å²) < 4.78 is 11.4. The highest BCUT2D eigenvalue weighted by Gasteiger charge is 2.27. The number of hydrogen-bond acceptors (Lipinski definition) is 7. The number of ether oxygens (including phenoxy) is 2. The van der Waals surface area contributed by atoms with Gasteiger partial charge in [0.25, 0.3) is 5.91 Å². The first kappa shape index (κ1) is 23.6. The van der Waals surface area contributed by atoms with Crippen molar-refractivity contribution in [2.75, 3.05) is 44.5 Å². The third kappa shape index (κ3) is 4.57. The zero-order valence-electron chi connectivity index (χ0n) is 19.3. The number of morpholine rings is 1. The number of carbonyl (C=O) groups excluding carboxylic acids is 1. The van der Waals surface area contributed by atoms with Crippen molar-refractivity contribution in [3.63, 3.8) is 0 Å². The normalized spacial score (nSPS) is 16.4. The monoisotopic (exact) mass is 482 g/mol. The number of benzene rings is 1. The van der Waals surface area contributed by atoms with Gasteiger partial charge in [0.05, 0.1) is 42.5 Å². The van der Waals surface area contributed by atoms with Crippen LogP contribution in [-0.2, 0) is 4.74 Å². The fourth-order valence-corrected chi connectivity index (χ4v) is 4.17. The quantitative estimate of drug-likeness (QED) is 0.429. The number of halogens is 1. The van der Waals surface area contributed by atoms with Gasteiger partial charge in [0.2, 0.25) is 5.95 Å². The van der Waals surface area contributed by atoms with E-state index in [1.807, 2.05) is 13.0 Å². The van der Waals surface area contributed by atoms with Crippen molar-refractivity contribution < 1.29 is 14.3 Å². The summed E-state index contributed by atoms with van der Waals surface area (Å²) in [6.07, 6.45) is 5.20. The number of methoxy groups -OCH3 is 1. The Bertz CT molecular complexity index is 1250. The second-order valence-electron chi connectivity index (χ2n) is 7.65. The molecular weight excluding hydrogens is 456 g/mol. The molecule has 1 aromatic carbocycles. The van der Waals surface area contributed by atoms with Crippen LogP contribution in [0.3, 0.4) is 0 Å². The number of hydrogen-bond donors (Lipinski definition) is 3. The highest BCUT2D eigenvalue weighted by molar-refractivity contribution is 6.36. The molecule has 10 heteroatoms. The molecule has 1 aliphatic rings. The van der Waals surface area contributed by atoms with E-state index in [0.29, 0.717) is 64.5 Å². The average molecular weight is 483 g/mol. The zero-order valence-corrected chi connectivity index (χ0v) is 20.1. The van der Waals surface area contributed by atoms with Crippen molar-refractivity contribution in [1.82, 2.24) is 19.9 Å². The van der Waals surface area contributed by atoms with E-state index in [4.69, 9.17) is 21.1 Å². The molecule has 0 aliphatic carbocycles. The molecular formula is C24H27ClN6O3. The topological polar surface area (TPSA) is 104 Å². The van der Waals surface area contributed by atoms with Crippen LogP contribution in [-0.4, -0.2) is 65.7 Å². The highest BCUT2D eigenvalue weighted by Crippen LogP contribution is 2.32. The number of amides is 1. The summed E-state index contributed by atoms with van der Waals surface area (Å²) in [6.45, 7) is 7.22.